The number of ether oxygens (including phenoxy) is 3. The fourth-order valence-corrected chi connectivity index (χ4v) is 4.99. The predicted octanol–water partition coefficient (Wildman–Crippen LogP) is 4.23. The molecule has 0 saturated carbocycles. The molecule has 0 spiro atoms. The van der Waals surface area contributed by atoms with E-state index in [0.29, 0.717) is 16.3 Å². The summed E-state index contributed by atoms with van der Waals surface area (Å²) in [5.74, 6) is -0.805. The number of pyridine rings is 1. The first-order chi connectivity index (χ1) is 15.3. The molecule has 0 aliphatic carbocycles. The quantitative estimate of drug-likeness (QED) is 0.401. The molecule has 0 fully saturated rings. The van der Waals surface area contributed by atoms with E-state index in [1.807, 2.05) is 31.2 Å². The molecule has 168 valence electrons. The Balaban J connectivity index is 1.79. The smallest absolute Gasteiger partial charge is 0.348 e. The van der Waals surface area contributed by atoms with E-state index in [1.165, 1.54) is 26.0 Å². The van der Waals surface area contributed by atoms with Gasteiger partial charge in [-0.05, 0) is 43.2 Å². The number of carbonyl (C=O) groups is 3. The van der Waals surface area contributed by atoms with Crippen molar-refractivity contribution in [3.63, 3.8) is 0 Å². The van der Waals surface area contributed by atoms with Crippen molar-refractivity contribution in [3.05, 3.63) is 45.8 Å². The zero-order valence-corrected chi connectivity index (χ0v) is 19.9. The van der Waals surface area contributed by atoms with Crippen molar-refractivity contribution in [2.45, 2.75) is 18.9 Å². The van der Waals surface area contributed by atoms with Crippen LogP contribution in [0.3, 0.4) is 0 Å². The van der Waals surface area contributed by atoms with Gasteiger partial charge in [0.2, 0.25) is 5.91 Å². The minimum Gasteiger partial charge on any atom is -0.497 e. The number of methoxy groups -OCH3 is 3. The molecule has 32 heavy (non-hydrogen) atoms. The number of nitrogens with zero attached hydrogens (tertiary/aromatic N) is 1. The molecule has 8 nitrogen and oxygen atoms in total. The molecule has 2 aromatic heterocycles. The van der Waals surface area contributed by atoms with Gasteiger partial charge in [-0.25, -0.2) is 14.6 Å². The van der Waals surface area contributed by atoms with E-state index in [4.69, 9.17) is 14.2 Å². The molecule has 1 N–H and O–H groups in total. The van der Waals surface area contributed by atoms with Crippen LogP contribution in [0.5, 0.6) is 5.75 Å². The van der Waals surface area contributed by atoms with E-state index in [9.17, 15) is 14.4 Å². The number of hydrogen-bond donors (Lipinski definition) is 1. The zero-order valence-electron chi connectivity index (χ0n) is 18.2. The van der Waals surface area contributed by atoms with Crippen LogP contribution in [0.2, 0.25) is 0 Å². The van der Waals surface area contributed by atoms with Crippen LogP contribution in [0.1, 0.15) is 31.2 Å². The van der Waals surface area contributed by atoms with Crippen molar-refractivity contribution in [2.24, 2.45) is 0 Å². The Hall–Kier alpha value is -3.11. The number of carbonyl (C=O) groups excluding carboxylic acids is 3. The molecular weight excluding hydrogens is 452 g/mol. The Labute approximate surface area is 193 Å². The average Bonchev–Trinajstić information content (AvgIpc) is 3.11. The second kappa shape index (κ2) is 10.0. The van der Waals surface area contributed by atoms with E-state index >= 15 is 0 Å². The number of anilines is 1. The van der Waals surface area contributed by atoms with E-state index in [0.717, 1.165) is 27.8 Å². The number of benzene rings is 1. The molecule has 10 heteroatoms. The van der Waals surface area contributed by atoms with Crippen LogP contribution in [-0.2, 0) is 14.3 Å². The average molecular weight is 475 g/mol. The Morgan fingerprint density at radius 3 is 2.44 bits per heavy atom. The van der Waals surface area contributed by atoms with Crippen LogP contribution >= 0.6 is 23.1 Å². The third-order valence-electron chi connectivity index (χ3n) is 4.71. The highest BCUT2D eigenvalue weighted by Gasteiger charge is 2.26. The Kier molecular flexibility index (Phi) is 7.37. The van der Waals surface area contributed by atoms with Gasteiger partial charge in [-0.3, -0.25) is 4.79 Å². The van der Waals surface area contributed by atoms with E-state index in [2.05, 4.69) is 10.3 Å². The van der Waals surface area contributed by atoms with E-state index in [-0.39, 0.29) is 27.1 Å². The molecule has 3 rings (SSSR count). The summed E-state index contributed by atoms with van der Waals surface area (Å²) in [7, 11) is 4.08. The number of hydrogen-bond acceptors (Lipinski definition) is 9. The highest BCUT2D eigenvalue weighted by atomic mass is 32.2. The SMILES string of the molecule is COC(=O)c1sc(NC(=O)CSc2cc(C)c3ccc(OC)cc3n2)c(C(=O)OC)c1C. The summed E-state index contributed by atoms with van der Waals surface area (Å²) < 4.78 is 14.8. The fraction of sp³-hybridized carbons (Fsp3) is 0.273. The van der Waals surface area contributed by atoms with E-state index in [1.54, 1.807) is 14.0 Å². The largest absolute Gasteiger partial charge is 0.497 e. The Morgan fingerprint density at radius 1 is 1.06 bits per heavy atom. The lowest BCUT2D eigenvalue weighted by Crippen LogP contribution is -2.16. The predicted molar refractivity (Wildman–Crippen MR) is 124 cm³/mol. The minimum atomic E-state index is -0.641. The maximum absolute atomic E-state index is 12.6. The molecule has 1 aromatic carbocycles. The third kappa shape index (κ3) is 4.86. The van der Waals surface area contributed by atoms with Gasteiger partial charge >= 0.3 is 11.9 Å². The van der Waals surface area contributed by atoms with Crippen molar-refractivity contribution in [1.82, 2.24) is 4.98 Å². The van der Waals surface area contributed by atoms with Gasteiger partial charge in [0.25, 0.3) is 0 Å². The van der Waals surface area contributed by atoms with Crippen molar-refractivity contribution in [2.75, 3.05) is 32.4 Å². The standard InChI is InChI=1S/C22H22N2O6S2/c1-11-8-17(23-15-9-13(28-3)6-7-14(11)15)31-10-16(25)24-20-18(21(26)29-4)12(2)19(32-20)22(27)30-5/h6-9H,10H2,1-5H3,(H,24,25). The van der Waals surface area contributed by atoms with Crippen LogP contribution < -0.4 is 10.1 Å². The summed E-state index contributed by atoms with van der Waals surface area (Å²) in [6, 6.07) is 7.58. The molecule has 0 aliphatic heterocycles. The number of thiophene rings is 1. The van der Waals surface area contributed by atoms with Gasteiger partial charge in [-0.15, -0.1) is 11.3 Å². The first kappa shape index (κ1) is 23.6. The Bertz CT molecular complexity index is 1200. The summed E-state index contributed by atoms with van der Waals surface area (Å²) in [6.07, 6.45) is 0. The van der Waals surface area contributed by atoms with Crippen molar-refractivity contribution in [3.8, 4) is 5.75 Å². The number of aryl methyl sites for hydroxylation is 1. The van der Waals surface area contributed by atoms with Gasteiger partial charge < -0.3 is 19.5 Å². The van der Waals surface area contributed by atoms with Gasteiger partial charge in [0.1, 0.15) is 15.6 Å². The molecule has 0 bridgehead atoms. The molecule has 0 unspecified atom stereocenters. The zero-order chi connectivity index (χ0) is 23.4. The fourth-order valence-electron chi connectivity index (χ4n) is 3.09. The van der Waals surface area contributed by atoms with Crippen LogP contribution in [-0.4, -0.2) is 49.9 Å². The lowest BCUT2D eigenvalue weighted by atomic mass is 10.1. The summed E-state index contributed by atoms with van der Waals surface area (Å²) in [6.45, 7) is 3.58. The number of rotatable bonds is 7. The molecule has 0 saturated heterocycles. The second-order valence-corrected chi connectivity index (χ2v) is 8.76. The minimum absolute atomic E-state index is 0.0625. The number of amides is 1. The summed E-state index contributed by atoms with van der Waals surface area (Å²) >= 11 is 2.24. The van der Waals surface area contributed by atoms with Crippen LogP contribution in [0, 0.1) is 13.8 Å². The molecule has 0 atom stereocenters. The third-order valence-corrected chi connectivity index (χ3v) is 6.81. The van der Waals surface area contributed by atoms with Crippen LogP contribution in [0.25, 0.3) is 10.9 Å². The lowest BCUT2D eigenvalue weighted by Gasteiger charge is -2.08. The Morgan fingerprint density at radius 2 is 1.78 bits per heavy atom. The number of thioether (sulfide) groups is 1. The van der Waals surface area contributed by atoms with Crippen molar-refractivity contribution >= 4 is 56.8 Å². The number of aromatic nitrogens is 1. The number of fused-ring (bicyclic) bond motifs is 1. The van der Waals surface area contributed by atoms with Gasteiger partial charge in [0.15, 0.2) is 0 Å². The second-order valence-electron chi connectivity index (χ2n) is 6.74. The van der Waals surface area contributed by atoms with Crippen LogP contribution in [0.4, 0.5) is 5.00 Å². The molecule has 0 aliphatic rings. The summed E-state index contributed by atoms with van der Waals surface area (Å²) in [5, 5.41) is 4.64. The van der Waals surface area contributed by atoms with E-state index < -0.39 is 11.9 Å². The monoisotopic (exact) mass is 474 g/mol. The maximum atomic E-state index is 12.6. The first-order valence-electron chi connectivity index (χ1n) is 9.47. The molecule has 0 radical (unpaired) electrons. The lowest BCUT2D eigenvalue weighted by molar-refractivity contribution is -0.113. The van der Waals surface area contributed by atoms with Gasteiger partial charge in [-0.1, -0.05) is 11.8 Å². The summed E-state index contributed by atoms with van der Waals surface area (Å²) in [5.41, 5.74) is 2.35. The highest BCUT2D eigenvalue weighted by molar-refractivity contribution is 7.99. The summed E-state index contributed by atoms with van der Waals surface area (Å²) in [4.78, 5) is 41.7. The van der Waals surface area contributed by atoms with Crippen LogP contribution in [0.15, 0.2) is 29.3 Å². The van der Waals surface area contributed by atoms with Gasteiger partial charge in [0, 0.05) is 11.5 Å². The molecule has 3 aromatic rings. The normalized spacial score (nSPS) is 10.7. The van der Waals surface area contributed by atoms with Gasteiger partial charge in [0.05, 0.1) is 43.2 Å². The van der Waals surface area contributed by atoms with Crippen molar-refractivity contribution in [1.29, 1.82) is 0 Å². The molecular formula is C22H22N2O6S2. The number of esters is 2. The molecule has 2 heterocycles. The maximum Gasteiger partial charge on any atom is 0.348 e. The molecule has 1 amide bonds. The van der Waals surface area contributed by atoms with Gasteiger partial charge in [-0.2, -0.15) is 0 Å². The van der Waals surface area contributed by atoms with Crippen molar-refractivity contribution < 1.29 is 28.6 Å². The first-order valence-corrected chi connectivity index (χ1v) is 11.3. The highest BCUT2D eigenvalue weighted by Crippen LogP contribution is 2.34. The number of nitrogens with one attached hydrogen (secondary N) is 1. The topological polar surface area (TPSA) is 104 Å².